The van der Waals surface area contributed by atoms with Crippen molar-refractivity contribution in [1.29, 1.82) is 0 Å². The summed E-state index contributed by atoms with van der Waals surface area (Å²) in [5.41, 5.74) is 2.15. The molecule has 23 heavy (non-hydrogen) atoms. The van der Waals surface area contributed by atoms with Gasteiger partial charge in [0.25, 0.3) is 5.91 Å². The zero-order valence-corrected chi connectivity index (χ0v) is 14.0. The first-order valence-electron chi connectivity index (χ1n) is 7.84. The molecule has 0 bridgehead atoms. The second-order valence-corrected chi connectivity index (χ2v) is 4.94. The van der Waals surface area contributed by atoms with E-state index in [1.165, 1.54) is 0 Å². The lowest BCUT2D eigenvalue weighted by Gasteiger charge is -2.12. The van der Waals surface area contributed by atoms with Crippen molar-refractivity contribution in [3.8, 4) is 11.5 Å². The van der Waals surface area contributed by atoms with E-state index in [9.17, 15) is 4.79 Å². The standard InChI is InChI=1S/C17H23N3O3/c1-5-20-12(4)14(11-18-20)19-17(21)13-8-9-15(22-6-2)16(10-13)23-7-3/h8-11H,5-7H2,1-4H3,(H,19,21). The molecule has 0 saturated heterocycles. The lowest BCUT2D eigenvalue weighted by molar-refractivity contribution is 0.102. The van der Waals surface area contributed by atoms with Crippen LogP contribution in [0.2, 0.25) is 0 Å². The lowest BCUT2D eigenvalue weighted by atomic mass is 10.2. The number of aryl methyl sites for hydroxylation is 1. The van der Waals surface area contributed by atoms with E-state index in [2.05, 4.69) is 10.4 Å². The number of amides is 1. The average molecular weight is 317 g/mol. The van der Waals surface area contributed by atoms with Gasteiger partial charge in [0.05, 0.1) is 30.8 Å². The minimum absolute atomic E-state index is 0.201. The molecule has 1 heterocycles. The summed E-state index contributed by atoms with van der Waals surface area (Å²) < 4.78 is 12.9. The predicted molar refractivity (Wildman–Crippen MR) is 89.4 cm³/mol. The van der Waals surface area contributed by atoms with Crippen LogP contribution >= 0.6 is 0 Å². The molecule has 0 saturated carbocycles. The van der Waals surface area contributed by atoms with Crippen molar-refractivity contribution in [2.24, 2.45) is 0 Å². The highest BCUT2D eigenvalue weighted by molar-refractivity contribution is 6.04. The van der Waals surface area contributed by atoms with Gasteiger partial charge in [-0.3, -0.25) is 9.48 Å². The van der Waals surface area contributed by atoms with E-state index in [0.29, 0.717) is 36.0 Å². The molecule has 0 aliphatic rings. The van der Waals surface area contributed by atoms with Crippen LogP contribution in [0.4, 0.5) is 5.69 Å². The summed E-state index contributed by atoms with van der Waals surface area (Å²) in [4.78, 5) is 12.4. The number of hydrogen-bond donors (Lipinski definition) is 1. The average Bonchev–Trinajstić information content (AvgIpc) is 2.89. The third kappa shape index (κ3) is 3.83. The Hall–Kier alpha value is -2.50. The second kappa shape index (κ2) is 7.67. The van der Waals surface area contributed by atoms with Crippen molar-refractivity contribution >= 4 is 11.6 Å². The van der Waals surface area contributed by atoms with Crippen molar-refractivity contribution < 1.29 is 14.3 Å². The van der Waals surface area contributed by atoms with Crippen molar-refractivity contribution in [2.75, 3.05) is 18.5 Å². The number of carbonyl (C=O) groups excluding carboxylic acids is 1. The topological polar surface area (TPSA) is 65.4 Å². The Morgan fingerprint density at radius 2 is 1.87 bits per heavy atom. The summed E-state index contributed by atoms with van der Waals surface area (Å²) in [5, 5.41) is 7.11. The molecule has 1 N–H and O–H groups in total. The van der Waals surface area contributed by atoms with E-state index in [4.69, 9.17) is 9.47 Å². The fraction of sp³-hybridized carbons (Fsp3) is 0.412. The van der Waals surface area contributed by atoms with Gasteiger partial charge in [0.1, 0.15) is 0 Å². The fourth-order valence-electron chi connectivity index (χ4n) is 2.27. The van der Waals surface area contributed by atoms with Gasteiger partial charge in [0, 0.05) is 12.1 Å². The number of nitrogens with zero attached hydrogens (tertiary/aromatic N) is 2. The third-order valence-electron chi connectivity index (χ3n) is 3.46. The van der Waals surface area contributed by atoms with E-state index >= 15 is 0 Å². The van der Waals surface area contributed by atoms with Crippen LogP contribution in [0.15, 0.2) is 24.4 Å². The zero-order chi connectivity index (χ0) is 16.8. The van der Waals surface area contributed by atoms with Gasteiger partial charge in [-0.2, -0.15) is 5.10 Å². The normalized spacial score (nSPS) is 10.4. The van der Waals surface area contributed by atoms with Gasteiger partial charge in [0.15, 0.2) is 11.5 Å². The number of anilines is 1. The monoisotopic (exact) mass is 317 g/mol. The summed E-state index contributed by atoms with van der Waals surface area (Å²) >= 11 is 0. The molecule has 0 atom stereocenters. The van der Waals surface area contributed by atoms with Crippen LogP contribution < -0.4 is 14.8 Å². The van der Waals surface area contributed by atoms with Gasteiger partial charge >= 0.3 is 0 Å². The molecule has 1 aromatic carbocycles. The third-order valence-corrected chi connectivity index (χ3v) is 3.46. The zero-order valence-electron chi connectivity index (χ0n) is 14.0. The van der Waals surface area contributed by atoms with E-state index in [1.807, 2.05) is 32.4 Å². The molecule has 0 aliphatic carbocycles. The molecule has 2 rings (SSSR count). The molecule has 0 unspecified atom stereocenters. The van der Waals surface area contributed by atoms with Crippen molar-refractivity contribution in [3.63, 3.8) is 0 Å². The molecule has 1 aromatic heterocycles. The predicted octanol–water partition coefficient (Wildman–Crippen LogP) is 3.26. The fourth-order valence-corrected chi connectivity index (χ4v) is 2.27. The van der Waals surface area contributed by atoms with Crippen molar-refractivity contribution in [2.45, 2.75) is 34.2 Å². The SMILES string of the molecule is CCOc1ccc(C(=O)Nc2cnn(CC)c2C)cc1OCC. The van der Waals surface area contributed by atoms with Crippen LogP contribution in [0.25, 0.3) is 0 Å². The van der Waals surface area contributed by atoms with Crippen LogP contribution in [0.5, 0.6) is 11.5 Å². The van der Waals surface area contributed by atoms with E-state index < -0.39 is 0 Å². The van der Waals surface area contributed by atoms with E-state index in [0.717, 1.165) is 12.2 Å². The molecular weight excluding hydrogens is 294 g/mol. The van der Waals surface area contributed by atoms with Crippen LogP contribution in [-0.2, 0) is 6.54 Å². The number of ether oxygens (including phenoxy) is 2. The number of carbonyl (C=O) groups is 1. The highest BCUT2D eigenvalue weighted by atomic mass is 16.5. The minimum atomic E-state index is -0.201. The molecular formula is C17H23N3O3. The van der Waals surface area contributed by atoms with Crippen LogP contribution in [0.1, 0.15) is 36.8 Å². The molecule has 0 aliphatic heterocycles. The quantitative estimate of drug-likeness (QED) is 0.851. The van der Waals surface area contributed by atoms with Gasteiger partial charge < -0.3 is 14.8 Å². The van der Waals surface area contributed by atoms with Gasteiger partial charge in [-0.25, -0.2) is 0 Å². The highest BCUT2D eigenvalue weighted by Crippen LogP contribution is 2.29. The maximum absolute atomic E-state index is 12.4. The number of hydrogen-bond acceptors (Lipinski definition) is 4. The van der Waals surface area contributed by atoms with Gasteiger partial charge in [-0.1, -0.05) is 0 Å². The first-order valence-corrected chi connectivity index (χ1v) is 7.84. The maximum Gasteiger partial charge on any atom is 0.255 e. The number of benzene rings is 1. The van der Waals surface area contributed by atoms with Crippen molar-refractivity contribution in [1.82, 2.24) is 9.78 Å². The Bertz CT molecular complexity index is 680. The van der Waals surface area contributed by atoms with Crippen molar-refractivity contribution in [3.05, 3.63) is 35.7 Å². The first kappa shape index (κ1) is 16.9. The van der Waals surface area contributed by atoms with Crippen LogP contribution in [0.3, 0.4) is 0 Å². The van der Waals surface area contributed by atoms with E-state index in [1.54, 1.807) is 24.4 Å². The number of nitrogens with one attached hydrogen (secondary N) is 1. The Morgan fingerprint density at radius 3 is 2.48 bits per heavy atom. The Labute approximate surface area is 136 Å². The van der Waals surface area contributed by atoms with Crippen LogP contribution in [-0.4, -0.2) is 28.9 Å². The van der Waals surface area contributed by atoms with Gasteiger partial charge in [-0.05, 0) is 45.9 Å². The molecule has 124 valence electrons. The molecule has 0 spiro atoms. The van der Waals surface area contributed by atoms with Gasteiger partial charge in [0.2, 0.25) is 0 Å². The lowest BCUT2D eigenvalue weighted by Crippen LogP contribution is -2.13. The number of rotatable bonds is 7. The second-order valence-electron chi connectivity index (χ2n) is 4.94. The Kier molecular flexibility index (Phi) is 5.62. The molecule has 1 amide bonds. The summed E-state index contributed by atoms with van der Waals surface area (Å²) in [6, 6.07) is 5.18. The summed E-state index contributed by atoms with van der Waals surface area (Å²) in [7, 11) is 0. The molecule has 0 fully saturated rings. The molecule has 2 aromatic rings. The number of aromatic nitrogens is 2. The Morgan fingerprint density at radius 1 is 1.17 bits per heavy atom. The summed E-state index contributed by atoms with van der Waals surface area (Å²) in [6.45, 7) is 9.55. The summed E-state index contributed by atoms with van der Waals surface area (Å²) in [5.74, 6) is 1.01. The Balaban J connectivity index is 2.21. The van der Waals surface area contributed by atoms with E-state index in [-0.39, 0.29) is 5.91 Å². The smallest absolute Gasteiger partial charge is 0.255 e. The first-order chi connectivity index (χ1) is 11.1. The largest absolute Gasteiger partial charge is 0.490 e. The molecule has 6 heteroatoms. The summed E-state index contributed by atoms with van der Waals surface area (Å²) in [6.07, 6.45) is 1.66. The highest BCUT2D eigenvalue weighted by Gasteiger charge is 2.14. The maximum atomic E-state index is 12.4. The van der Waals surface area contributed by atoms with Gasteiger partial charge in [-0.15, -0.1) is 0 Å². The van der Waals surface area contributed by atoms with Crippen LogP contribution in [0, 0.1) is 6.92 Å². The molecule has 6 nitrogen and oxygen atoms in total. The molecule has 0 radical (unpaired) electrons. The minimum Gasteiger partial charge on any atom is -0.490 e.